The lowest BCUT2D eigenvalue weighted by atomic mass is 10.1. The van der Waals surface area contributed by atoms with Crippen LogP contribution in [-0.4, -0.2) is 45.2 Å². The molecule has 3 rings (SSSR count). The lowest BCUT2D eigenvalue weighted by molar-refractivity contribution is 0.266. The van der Waals surface area contributed by atoms with Gasteiger partial charge in [-0.15, -0.1) is 5.10 Å². The molecule has 3 heterocycles. The van der Waals surface area contributed by atoms with E-state index in [1.807, 2.05) is 0 Å². The van der Waals surface area contributed by atoms with Crippen LogP contribution in [0.1, 0.15) is 20.3 Å². The van der Waals surface area contributed by atoms with Crippen LogP contribution in [0.3, 0.4) is 0 Å². The van der Waals surface area contributed by atoms with Crippen molar-refractivity contribution in [3.63, 3.8) is 0 Å². The van der Waals surface area contributed by atoms with Crippen LogP contribution in [0.2, 0.25) is 0 Å². The zero-order valence-corrected chi connectivity index (χ0v) is 11.9. The number of nitrogens with one attached hydrogen (secondary N) is 1. The Bertz CT molecular complexity index is 594. The molecule has 1 aliphatic heterocycles. The molecule has 0 amide bonds. The molecule has 2 aromatic rings. The van der Waals surface area contributed by atoms with E-state index in [1.165, 1.54) is 23.2 Å². The Morgan fingerprint density at radius 3 is 3.05 bits per heavy atom. The normalized spacial score (nSPS) is 20.1. The van der Waals surface area contributed by atoms with Gasteiger partial charge >= 0.3 is 0 Å². The van der Waals surface area contributed by atoms with E-state index in [0.717, 1.165) is 19.6 Å². The third-order valence-corrected chi connectivity index (χ3v) is 3.89. The molecular weight excluding hydrogens is 257 g/mol. The summed E-state index contributed by atoms with van der Waals surface area (Å²) >= 11 is 0. The van der Waals surface area contributed by atoms with E-state index in [0.29, 0.717) is 23.6 Å². The molecule has 1 aliphatic rings. The van der Waals surface area contributed by atoms with Gasteiger partial charge in [-0.3, -0.25) is 0 Å². The Kier molecular flexibility index (Phi) is 3.56. The van der Waals surface area contributed by atoms with Crippen LogP contribution in [0.5, 0.6) is 0 Å². The lowest BCUT2D eigenvalue weighted by Crippen LogP contribution is -2.29. The summed E-state index contributed by atoms with van der Waals surface area (Å²) in [5, 5.41) is 7.49. The van der Waals surface area contributed by atoms with Gasteiger partial charge in [-0.25, -0.2) is 8.91 Å². The summed E-state index contributed by atoms with van der Waals surface area (Å²) in [7, 11) is 0. The number of hydrogen-bond donors (Lipinski definition) is 1. The molecule has 6 heteroatoms. The monoisotopic (exact) mass is 277 g/mol. The van der Waals surface area contributed by atoms with Crippen molar-refractivity contribution in [1.29, 1.82) is 0 Å². The molecular formula is C14H20FN5. The fourth-order valence-electron chi connectivity index (χ4n) is 2.67. The molecule has 20 heavy (non-hydrogen) atoms. The molecule has 1 saturated heterocycles. The Morgan fingerprint density at radius 1 is 1.45 bits per heavy atom. The third-order valence-electron chi connectivity index (χ3n) is 3.89. The number of likely N-dealkylation sites (tertiary alicyclic amines) is 1. The largest absolute Gasteiger partial charge is 0.353 e. The SMILES string of the molecule is CC(C)N1CCC(CNc2nc3ccc(F)cn3n2)C1. The molecule has 1 atom stereocenters. The fourth-order valence-corrected chi connectivity index (χ4v) is 2.67. The van der Waals surface area contributed by atoms with E-state index in [-0.39, 0.29) is 5.82 Å². The number of aromatic nitrogens is 3. The molecule has 0 bridgehead atoms. The number of fused-ring (bicyclic) bond motifs is 1. The maximum atomic E-state index is 13.1. The predicted octanol–water partition coefficient (Wildman–Crippen LogP) is 2.01. The minimum Gasteiger partial charge on any atom is -0.353 e. The topological polar surface area (TPSA) is 45.5 Å². The van der Waals surface area contributed by atoms with Crippen LogP contribution in [0.25, 0.3) is 5.65 Å². The van der Waals surface area contributed by atoms with E-state index in [1.54, 1.807) is 6.07 Å². The highest BCUT2D eigenvalue weighted by Gasteiger charge is 2.24. The van der Waals surface area contributed by atoms with Gasteiger partial charge in [-0.1, -0.05) is 0 Å². The van der Waals surface area contributed by atoms with E-state index >= 15 is 0 Å². The average Bonchev–Trinajstić information content (AvgIpc) is 3.01. The van der Waals surface area contributed by atoms with Crippen LogP contribution < -0.4 is 5.32 Å². The molecule has 1 fully saturated rings. The van der Waals surface area contributed by atoms with Crippen molar-refractivity contribution in [1.82, 2.24) is 19.5 Å². The summed E-state index contributed by atoms with van der Waals surface area (Å²) in [4.78, 5) is 6.81. The molecule has 0 aliphatic carbocycles. The van der Waals surface area contributed by atoms with Gasteiger partial charge in [0.15, 0.2) is 5.65 Å². The van der Waals surface area contributed by atoms with E-state index in [2.05, 4.69) is 34.1 Å². The third kappa shape index (κ3) is 2.75. The average molecular weight is 277 g/mol. The molecule has 0 aromatic carbocycles. The van der Waals surface area contributed by atoms with Gasteiger partial charge < -0.3 is 10.2 Å². The number of hydrogen-bond acceptors (Lipinski definition) is 4. The van der Waals surface area contributed by atoms with Crippen molar-refractivity contribution < 1.29 is 4.39 Å². The van der Waals surface area contributed by atoms with Gasteiger partial charge in [0.25, 0.3) is 0 Å². The summed E-state index contributed by atoms with van der Waals surface area (Å²) in [6, 6.07) is 3.63. The Balaban J connectivity index is 1.60. The van der Waals surface area contributed by atoms with E-state index in [4.69, 9.17) is 0 Å². The van der Waals surface area contributed by atoms with Gasteiger partial charge in [0.2, 0.25) is 5.95 Å². The van der Waals surface area contributed by atoms with Crippen LogP contribution in [0, 0.1) is 11.7 Å². The first-order valence-corrected chi connectivity index (χ1v) is 7.11. The van der Waals surface area contributed by atoms with Crippen LogP contribution in [-0.2, 0) is 0 Å². The smallest absolute Gasteiger partial charge is 0.243 e. The predicted molar refractivity (Wildman–Crippen MR) is 76.3 cm³/mol. The molecule has 1 N–H and O–H groups in total. The number of nitrogens with zero attached hydrogens (tertiary/aromatic N) is 4. The van der Waals surface area contributed by atoms with E-state index < -0.39 is 0 Å². The lowest BCUT2D eigenvalue weighted by Gasteiger charge is -2.20. The molecule has 2 aromatic heterocycles. The highest BCUT2D eigenvalue weighted by molar-refractivity contribution is 5.43. The second-order valence-corrected chi connectivity index (χ2v) is 5.71. The highest BCUT2D eigenvalue weighted by Crippen LogP contribution is 2.18. The van der Waals surface area contributed by atoms with Crippen molar-refractivity contribution in [2.75, 3.05) is 25.0 Å². The summed E-state index contributed by atoms with van der Waals surface area (Å²) < 4.78 is 14.5. The Labute approximate surface area is 117 Å². The first kappa shape index (κ1) is 13.3. The zero-order valence-electron chi connectivity index (χ0n) is 11.9. The molecule has 0 radical (unpaired) electrons. The van der Waals surface area contributed by atoms with Crippen molar-refractivity contribution in [3.8, 4) is 0 Å². The molecule has 1 unspecified atom stereocenters. The van der Waals surface area contributed by atoms with Crippen LogP contribution >= 0.6 is 0 Å². The Morgan fingerprint density at radius 2 is 2.30 bits per heavy atom. The van der Waals surface area contributed by atoms with Gasteiger partial charge in [0, 0.05) is 19.1 Å². The number of halogens is 1. The minimum atomic E-state index is -0.308. The van der Waals surface area contributed by atoms with Crippen LogP contribution in [0.4, 0.5) is 10.3 Å². The van der Waals surface area contributed by atoms with Gasteiger partial charge in [-0.2, -0.15) is 4.98 Å². The van der Waals surface area contributed by atoms with Gasteiger partial charge in [0.05, 0.1) is 6.20 Å². The van der Waals surface area contributed by atoms with Crippen molar-refractivity contribution in [2.45, 2.75) is 26.3 Å². The molecule has 0 spiro atoms. The zero-order chi connectivity index (χ0) is 14.1. The van der Waals surface area contributed by atoms with Crippen molar-refractivity contribution >= 4 is 11.6 Å². The van der Waals surface area contributed by atoms with E-state index in [9.17, 15) is 4.39 Å². The quantitative estimate of drug-likeness (QED) is 0.928. The Hall–Kier alpha value is -1.69. The summed E-state index contributed by atoms with van der Waals surface area (Å²) in [6.07, 6.45) is 2.54. The summed E-state index contributed by atoms with van der Waals surface area (Å²) in [5.41, 5.74) is 0.657. The fraction of sp³-hybridized carbons (Fsp3) is 0.571. The number of pyridine rings is 1. The number of anilines is 1. The second-order valence-electron chi connectivity index (χ2n) is 5.71. The van der Waals surface area contributed by atoms with Gasteiger partial charge in [-0.05, 0) is 44.9 Å². The molecule has 108 valence electrons. The molecule has 0 saturated carbocycles. The maximum Gasteiger partial charge on any atom is 0.243 e. The van der Waals surface area contributed by atoms with Crippen molar-refractivity contribution in [3.05, 3.63) is 24.1 Å². The minimum absolute atomic E-state index is 0.308. The van der Waals surface area contributed by atoms with Crippen molar-refractivity contribution in [2.24, 2.45) is 5.92 Å². The highest BCUT2D eigenvalue weighted by atomic mass is 19.1. The standard InChI is InChI=1S/C14H20FN5/c1-10(2)19-6-5-11(8-19)7-16-14-17-13-4-3-12(15)9-20(13)18-14/h3-4,9-11H,5-8H2,1-2H3,(H,16,18). The maximum absolute atomic E-state index is 13.1. The summed E-state index contributed by atoms with van der Waals surface area (Å²) in [6.45, 7) is 7.60. The first-order valence-electron chi connectivity index (χ1n) is 7.11. The van der Waals surface area contributed by atoms with Gasteiger partial charge in [0.1, 0.15) is 5.82 Å². The second kappa shape index (κ2) is 5.36. The number of rotatable bonds is 4. The summed E-state index contributed by atoms with van der Waals surface area (Å²) in [5.74, 6) is 0.886. The molecule has 5 nitrogen and oxygen atoms in total. The first-order chi connectivity index (χ1) is 9.61. The van der Waals surface area contributed by atoms with Crippen LogP contribution in [0.15, 0.2) is 18.3 Å².